The van der Waals surface area contributed by atoms with Crippen molar-refractivity contribution in [3.05, 3.63) is 11.7 Å². The third-order valence-electron chi connectivity index (χ3n) is 2.07. The number of nitrogens with one attached hydrogen (secondary N) is 1. The van der Waals surface area contributed by atoms with Crippen molar-refractivity contribution in [2.24, 2.45) is 0 Å². The SMILES string of the molecule is FC(F)(F)c1nc(C2CNC2)no1.O=C(O)C(F)(F)F. The molecule has 0 unspecified atom stereocenters. The van der Waals surface area contributed by atoms with E-state index >= 15 is 0 Å². The lowest BCUT2D eigenvalue weighted by molar-refractivity contribution is -0.192. The molecule has 0 radical (unpaired) electrons. The highest BCUT2D eigenvalue weighted by Crippen LogP contribution is 2.29. The summed E-state index contributed by atoms with van der Waals surface area (Å²) in [5.41, 5.74) is 0. The van der Waals surface area contributed by atoms with Gasteiger partial charge in [-0.25, -0.2) is 4.79 Å². The third kappa shape index (κ3) is 4.36. The molecule has 20 heavy (non-hydrogen) atoms. The molecular formula is C8H7F6N3O3. The predicted octanol–water partition coefficient (Wildman–Crippen LogP) is 1.41. The third-order valence-corrected chi connectivity index (χ3v) is 2.07. The monoisotopic (exact) mass is 307 g/mol. The first-order valence-electron chi connectivity index (χ1n) is 4.93. The van der Waals surface area contributed by atoms with E-state index in [2.05, 4.69) is 20.0 Å². The van der Waals surface area contributed by atoms with Crippen LogP contribution in [-0.2, 0) is 11.0 Å². The summed E-state index contributed by atoms with van der Waals surface area (Å²) in [5.74, 6) is -3.94. The first-order chi connectivity index (χ1) is 9.01. The van der Waals surface area contributed by atoms with E-state index in [4.69, 9.17) is 9.90 Å². The zero-order valence-corrected chi connectivity index (χ0v) is 9.42. The summed E-state index contributed by atoms with van der Waals surface area (Å²) < 4.78 is 71.7. The number of nitrogens with zero attached hydrogens (tertiary/aromatic N) is 2. The summed E-state index contributed by atoms with van der Waals surface area (Å²) in [7, 11) is 0. The van der Waals surface area contributed by atoms with Crippen LogP contribution in [0.25, 0.3) is 0 Å². The van der Waals surface area contributed by atoms with E-state index in [1.54, 1.807) is 0 Å². The summed E-state index contributed by atoms with van der Waals surface area (Å²) in [6, 6.07) is 0. The number of alkyl halides is 6. The van der Waals surface area contributed by atoms with Gasteiger partial charge in [-0.05, 0) is 0 Å². The van der Waals surface area contributed by atoms with Crippen LogP contribution >= 0.6 is 0 Å². The Hall–Kier alpha value is -1.85. The summed E-state index contributed by atoms with van der Waals surface area (Å²) in [4.78, 5) is 12.2. The van der Waals surface area contributed by atoms with Gasteiger partial charge in [-0.2, -0.15) is 31.3 Å². The predicted molar refractivity (Wildman–Crippen MR) is 48.6 cm³/mol. The highest BCUT2D eigenvalue weighted by molar-refractivity contribution is 5.73. The first kappa shape index (κ1) is 16.2. The van der Waals surface area contributed by atoms with Crippen LogP contribution in [0.1, 0.15) is 17.6 Å². The van der Waals surface area contributed by atoms with E-state index in [-0.39, 0.29) is 11.7 Å². The molecular weight excluding hydrogens is 300 g/mol. The number of carboxylic acids is 1. The number of aliphatic carboxylic acids is 1. The molecule has 1 aromatic heterocycles. The molecule has 1 aliphatic rings. The van der Waals surface area contributed by atoms with E-state index in [1.165, 1.54) is 0 Å². The number of halogens is 6. The van der Waals surface area contributed by atoms with E-state index in [9.17, 15) is 26.3 Å². The Kier molecular flexibility index (Phi) is 4.57. The summed E-state index contributed by atoms with van der Waals surface area (Å²) in [5, 5.41) is 13.3. The second kappa shape index (κ2) is 5.64. The van der Waals surface area contributed by atoms with E-state index in [0.29, 0.717) is 13.1 Å². The molecule has 0 saturated carbocycles. The number of hydrogen-bond acceptors (Lipinski definition) is 5. The van der Waals surface area contributed by atoms with Crippen LogP contribution < -0.4 is 5.32 Å². The normalized spacial score (nSPS) is 16.1. The maximum atomic E-state index is 12.0. The summed E-state index contributed by atoms with van der Waals surface area (Å²) in [6.45, 7) is 1.22. The molecule has 2 heterocycles. The number of hydrogen-bond donors (Lipinski definition) is 2. The van der Waals surface area contributed by atoms with Crippen molar-refractivity contribution >= 4 is 5.97 Å². The molecule has 1 aromatic rings. The van der Waals surface area contributed by atoms with Gasteiger partial charge in [0.05, 0.1) is 0 Å². The molecule has 0 bridgehead atoms. The smallest absolute Gasteiger partial charge is 0.475 e. The van der Waals surface area contributed by atoms with Crippen molar-refractivity contribution in [3.8, 4) is 0 Å². The number of rotatable bonds is 1. The Morgan fingerprint density at radius 3 is 2.00 bits per heavy atom. The van der Waals surface area contributed by atoms with E-state index < -0.39 is 24.2 Å². The van der Waals surface area contributed by atoms with Gasteiger partial charge < -0.3 is 14.9 Å². The van der Waals surface area contributed by atoms with E-state index in [0.717, 1.165) is 0 Å². The maximum Gasteiger partial charge on any atom is 0.490 e. The molecule has 2 rings (SSSR count). The lowest BCUT2D eigenvalue weighted by atomic mass is 10.0. The maximum absolute atomic E-state index is 12.0. The lowest BCUT2D eigenvalue weighted by Gasteiger charge is -2.23. The average molecular weight is 307 g/mol. The zero-order chi connectivity index (χ0) is 15.6. The Morgan fingerprint density at radius 1 is 1.25 bits per heavy atom. The minimum atomic E-state index is -5.08. The van der Waals surface area contributed by atoms with Gasteiger partial charge >= 0.3 is 24.2 Å². The zero-order valence-electron chi connectivity index (χ0n) is 9.42. The van der Waals surface area contributed by atoms with Crippen molar-refractivity contribution in [1.82, 2.24) is 15.5 Å². The van der Waals surface area contributed by atoms with Gasteiger partial charge in [-0.3, -0.25) is 0 Å². The van der Waals surface area contributed by atoms with Gasteiger partial charge in [0, 0.05) is 19.0 Å². The molecule has 0 spiro atoms. The molecule has 2 N–H and O–H groups in total. The van der Waals surface area contributed by atoms with Crippen molar-refractivity contribution in [2.75, 3.05) is 13.1 Å². The quantitative estimate of drug-likeness (QED) is 0.763. The van der Waals surface area contributed by atoms with Crippen LogP contribution in [0.15, 0.2) is 4.52 Å². The van der Waals surface area contributed by atoms with Crippen LogP contribution in [0, 0.1) is 0 Å². The lowest BCUT2D eigenvalue weighted by Crippen LogP contribution is -2.40. The largest absolute Gasteiger partial charge is 0.490 e. The fraction of sp³-hybridized carbons (Fsp3) is 0.625. The minimum Gasteiger partial charge on any atom is -0.475 e. The Balaban J connectivity index is 0.000000246. The highest BCUT2D eigenvalue weighted by Gasteiger charge is 2.39. The minimum absolute atomic E-state index is 0.0418. The van der Waals surface area contributed by atoms with Crippen LogP contribution in [0.4, 0.5) is 26.3 Å². The van der Waals surface area contributed by atoms with Crippen molar-refractivity contribution < 1.29 is 40.8 Å². The van der Waals surface area contributed by atoms with Gasteiger partial charge in [-0.1, -0.05) is 5.16 Å². The van der Waals surface area contributed by atoms with Crippen LogP contribution in [0.2, 0.25) is 0 Å². The topological polar surface area (TPSA) is 88.3 Å². The molecule has 0 aliphatic carbocycles. The van der Waals surface area contributed by atoms with Gasteiger partial charge in [-0.15, -0.1) is 0 Å². The molecule has 0 aromatic carbocycles. The van der Waals surface area contributed by atoms with Crippen molar-refractivity contribution in [3.63, 3.8) is 0 Å². The molecule has 1 saturated heterocycles. The fourth-order valence-corrected chi connectivity index (χ4v) is 0.987. The molecule has 12 heteroatoms. The number of carboxylic acid groups (broad SMARTS) is 1. The van der Waals surface area contributed by atoms with Gasteiger partial charge in [0.15, 0.2) is 5.82 Å². The van der Waals surface area contributed by atoms with Crippen LogP contribution in [0.3, 0.4) is 0 Å². The first-order valence-corrected chi connectivity index (χ1v) is 4.93. The number of aromatic nitrogens is 2. The van der Waals surface area contributed by atoms with Crippen molar-refractivity contribution in [1.29, 1.82) is 0 Å². The summed E-state index contributed by atoms with van der Waals surface area (Å²) >= 11 is 0. The molecule has 114 valence electrons. The van der Waals surface area contributed by atoms with Crippen LogP contribution in [-0.4, -0.2) is 40.5 Å². The van der Waals surface area contributed by atoms with Crippen LogP contribution in [0.5, 0.6) is 0 Å². The summed E-state index contributed by atoms with van der Waals surface area (Å²) in [6.07, 6.45) is -9.62. The Morgan fingerprint density at radius 2 is 1.75 bits per heavy atom. The Bertz CT molecular complexity index is 465. The Labute approximate surface area is 106 Å². The second-order valence-corrected chi connectivity index (χ2v) is 3.61. The van der Waals surface area contributed by atoms with Crippen molar-refractivity contribution in [2.45, 2.75) is 18.3 Å². The average Bonchev–Trinajstić information content (AvgIpc) is 2.62. The van der Waals surface area contributed by atoms with E-state index in [1.807, 2.05) is 0 Å². The second-order valence-electron chi connectivity index (χ2n) is 3.61. The number of carbonyl (C=O) groups is 1. The molecule has 0 amide bonds. The van der Waals surface area contributed by atoms with Gasteiger partial charge in [0.25, 0.3) is 0 Å². The molecule has 1 fully saturated rings. The van der Waals surface area contributed by atoms with Gasteiger partial charge in [0.2, 0.25) is 0 Å². The van der Waals surface area contributed by atoms with Gasteiger partial charge in [0.1, 0.15) is 0 Å². The molecule has 0 atom stereocenters. The molecule has 6 nitrogen and oxygen atoms in total. The fourth-order valence-electron chi connectivity index (χ4n) is 0.987. The standard InChI is InChI=1S/C6H6F3N3O.C2HF3O2/c7-6(8,9)5-11-4(12-13-5)3-1-10-2-3;3-2(4,5)1(6)7/h3,10H,1-2H2;(H,6,7). The highest BCUT2D eigenvalue weighted by atomic mass is 19.4. The molecule has 1 aliphatic heterocycles.